The number of halogens is 1. The van der Waals surface area contributed by atoms with Crippen molar-refractivity contribution < 1.29 is 4.79 Å². The average molecular weight is 515 g/mol. The van der Waals surface area contributed by atoms with Gasteiger partial charge in [-0.2, -0.15) is 11.8 Å². The highest BCUT2D eigenvalue weighted by Gasteiger charge is 2.33. The highest BCUT2D eigenvalue weighted by Crippen LogP contribution is 2.35. The largest absolute Gasteiger partial charge is 0.354 e. The Bertz CT molecular complexity index is 1350. The van der Waals surface area contributed by atoms with Crippen LogP contribution in [0.4, 0.5) is 5.82 Å². The SMILES string of the molecule is O=C1C(=Cc2c(N3CCSCC3)nc3ccccn3c2=O)SC(=S)N1Cc1ccccc1Cl. The van der Waals surface area contributed by atoms with E-state index in [1.165, 1.54) is 21.1 Å². The summed E-state index contributed by atoms with van der Waals surface area (Å²) in [5, 5.41) is 0.581. The Hall–Kier alpha value is -2.33. The molecule has 6 nitrogen and oxygen atoms in total. The van der Waals surface area contributed by atoms with Crippen LogP contribution in [0.2, 0.25) is 5.02 Å². The quantitative estimate of drug-likeness (QED) is 0.380. The number of fused-ring (bicyclic) bond motifs is 1. The number of benzene rings is 1. The van der Waals surface area contributed by atoms with Gasteiger partial charge in [-0.25, -0.2) is 4.98 Å². The third-order valence-corrected chi connectivity index (χ3v) is 8.18. The molecule has 0 bridgehead atoms. The van der Waals surface area contributed by atoms with E-state index >= 15 is 0 Å². The van der Waals surface area contributed by atoms with E-state index in [4.69, 9.17) is 28.8 Å². The summed E-state index contributed by atoms with van der Waals surface area (Å²) in [6.07, 6.45) is 3.35. The number of hydrogen-bond acceptors (Lipinski definition) is 7. The van der Waals surface area contributed by atoms with Crippen LogP contribution in [0.5, 0.6) is 0 Å². The van der Waals surface area contributed by atoms with Crippen molar-refractivity contribution >= 4 is 75.1 Å². The summed E-state index contributed by atoms with van der Waals surface area (Å²) in [6.45, 7) is 1.88. The van der Waals surface area contributed by atoms with Gasteiger partial charge in [-0.3, -0.25) is 18.9 Å². The summed E-state index contributed by atoms with van der Waals surface area (Å²) in [5.41, 5.74) is 1.60. The van der Waals surface area contributed by atoms with Gasteiger partial charge < -0.3 is 4.90 Å². The number of aromatic nitrogens is 2. The van der Waals surface area contributed by atoms with Crippen molar-refractivity contribution in [1.29, 1.82) is 0 Å². The Balaban J connectivity index is 1.56. The zero-order valence-corrected chi connectivity index (χ0v) is 20.6. The second-order valence-corrected chi connectivity index (χ2v) is 10.8. The van der Waals surface area contributed by atoms with Crippen molar-refractivity contribution in [1.82, 2.24) is 14.3 Å². The summed E-state index contributed by atoms with van der Waals surface area (Å²) in [6, 6.07) is 12.8. The van der Waals surface area contributed by atoms with Crippen LogP contribution < -0.4 is 10.5 Å². The van der Waals surface area contributed by atoms with Gasteiger partial charge in [0.05, 0.1) is 17.0 Å². The van der Waals surface area contributed by atoms with E-state index in [0.717, 1.165) is 30.2 Å². The van der Waals surface area contributed by atoms with Gasteiger partial charge >= 0.3 is 0 Å². The van der Waals surface area contributed by atoms with E-state index in [9.17, 15) is 9.59 Å². The number of amides is 1. The first-order chi connectivity index (χ1) is 16.0. The standard InChI is InChI=1S/C23H19ClN4O2S3/c24-17-6-2-1-5-15(17)14-28-22(30)18(33-23(28)31)13-16-20(26-9-11-32-12-10-26)25-19-7-3-4-8-27(19)21(16)29/h1-8,13H,9-12,14H2. The van der Waals surface area contributed by atoms with Crippen LogP contribution in [0, 0.1) is 0 Å². The van der Waals surface area contributed by atoms with Crippen molar-refractivity contribution in [2.45, 2.75) is 6.54 Å². The van der Waals surface area contributed by atoms with Crippen LogP contribution in [0.15, 0.2) is 58.4 Å². The molecule has 2 fully saturated rings. The molecule has 1 amide bonds. The summed E-state index contributed by atoms with van der Waals surface area (Å²) >= 11 is 14.9. The molecule has 0 unspecified atom stereocenters. The van der Waals surface area contributed by atoms with E-state index in [1.54, 1.807) is 24.4 Å². The van der Waals surface area contributed by atoms with Crippen LogP contribution in [0.1, 0.15) is 11.1 Å². The minimum Gasteiger partial charge on any atom is -0.354 e. The Morgan fingerprint density at radius 3 is 2.64 bits per heavy atom. The fourth-order valence-electron chi connectivity index (χ4n) is 3.80. The molecule has 0 aliphatic carbocycles. The van der Waals surface area contributed by atoms with Crippen molar-refractivity contribution in [2.75, 3.05) is 29.5 Å². The molecule has 0 spiro atoms. The molecule has 0 atom stereocenters. The molecule has 2 aliphatic rings. The molecule has 0 radical (unpaired) electrons. The van der Waals surface area contributed by atoms with E-state index in [-0.39, 0.29) is 18.0 Å². The van der Waals surface area contributed by atoms with E-state index in [0.29, 0.717) is 31.3 Å². The van der Waals surface area contributed by atoms with E-state index < -0.39 is 0 Å². The number of thiocarbonyl (C=S) groups is 1. The first-order valence-electron chi connectivity index (χ1n) is 10.4. The van der Waals surface area contributed by atoms with Gasteiger partial charge in [-0.05, 0) is 29.8 Å². The smallest absolute Gasteiger partial charge is 0.267 e. The molecular weight excluding hydrogens is 496 g/mol. The lowest BCUT2D eigenvalue weighted by Gasteiger charge is -2.28. The Morgan fingerprint density at radius 2 is 1.85 bits per heavy atom. The third kappa shape index (κ3) is 4.42. The number of carbonyl (C=O) groups excluding carboxylic acids is 1. The molecule has 3 aromatic rings. The van der Waals surface area contributed by atoms with Crippen molar-refractivity contribution in [3.05, 3.63) is 80.1 Å². The number of pyridine rings is 1. The normalized spacial score (nSPS) is 18.0. The second kappa shape index (κ2) is 9.50. The lowest BCUT2D eigenvalue weighted by molar-refractivity contribution is -0.122. The molecule has 33 heavy (non-hydrogen) atoms. The zero-order chi connectivity index (χ0) is 22.9. The Morgan fingerprint density at radius 1 is 1.09 bits per heavy atom. The number of carbonyl (C=O) groups is 1. The molecule has 2 aliphatic heterocycles. The summed E-state index contributed by atoms with van der Waals surface area (Å²) < 4.78 is 1.95. The molecule has 2 saturated heterocycles. The first kappa shape index (κ1) is 22.5. The topological polar surface area (TPSA) is 57.9 Å². The predicted octanol–water partition coefficient (Wildman–Crippen LogP) is 4.30. The lowest BCUT2D eigenvalue weighted by atomic mass is 10.2. The monoisotopic (exact) mass is 514 g/mol. The maximum absolute atomic E-state index is 13.4. The van der Waals surface area contributed by atoms with Crippen LogP contribution in [0.25, 0.3) is 11.7 Å². The summed E-state index contributed by atoms with van der Waals surface area (Å²) in [4.78, 5) is 35.6. The molecule has 0 N–H and O–H groups in total. The van der Waals surface area contributed by atoms with E-state index in [1.807, 2.05) is 42.1 Å². The molecule has 10 heteroatoms. The maximum Gasteiger partial charge on any atom is 0.267 e. The number of thioether (sulfide) groups is 2. The number of hydrogen-bond donors (Lipinski definition) is 0. The molecule has 2 aromatic heterocycles. The summed E-state index contributed by atoms with van der Waals surface area (Å²) in [7, 11) is 0. The number of rotatable bonds is 4. The fourth-order valence-corrected chi connectivity index (χ4v) is 6.13. The lowest BCUT2D eigenvalue weighted by Crippen LogP contribution is -2.35. The van der Waals surface area contributed by atoms with Crippen molar-refractivity contribution in [3.8, 4) is 0 Å². The number of anilines is 1. The molecule has 168 valence electrons. The Labute approximate surface area is 209 Å². The molecule has 1 aromatic carbocycles. The van der Waals surface area contributed by atoms with Crippen molar-refractivity contribution in [2.24, 2.45) is 0 Å². The zero-order valence-electron chi connectivity index (χ0n) is 17.4. The highest BCUT2D eigenvalue weighted by molar-refractivity contribution is 8.26. The predicted molar refractivity (Wildman–Crippen MR) is 141 cm³/mol. The molecule has 5 rings (SSSR count). The third-order valence-electron chi connectivity index (χ3n) is 5.49. The van der Waals surface area contributed by atoms with Gasteiger partial charge in [0.1, 0.15) is 15.8 Å². The minimum atomic E-state index is -0.234. The van der Waals surface area contributed by atoms with Crippen LogP contribution in [0.3, 0.4) is 0 Å². The molecule has 0 saturated carbocycles. The van der Waals surface area contributed by atoms with Crippen LogP contribution >= 0.6 is 47.3 Å². The van der Waals surface area contributed by atoms with E-state index in [2.05, 4.69) is 4.90 Å². The van der Waals surface area contributed by atoms with Crippen LogP contribution in [-0.4, -0.2) is 49.1 Å². The molecular formula is C23H19ClN4O2S3. The maximum atomic E-state index is 13.4. The highest BCUT2D eigenvalue weighted by atomic mass is 35.5. The molecule has 4 heterocycles. The Kier molecular flexibility index (Phi) is 6.47. The van der Waals surface area contributed by atoms with Gasteiger partial charge in [0.15, 0.2) is 0 Å². The van der Waals surface area contributed by atoms with Gasteiger partial charge in [-0.15, -0.1) is 0 Å². The average Bonchev–Trinajstić information content (AvgIpc) is 3.10. The fraction of sp³-hybridized carbons (Fsp3) is 0.217. The van der Waals surface area contributed by atoms with Gasteiger partial charge in [0.2, 0.25) is 0 Å². The second-order valence-electron chi connectivity index (χ2n) is 7.54. The van der Waals surface area contributed by atoms with Crippen molar-refractivity contribution in [3.63, 3.8) is 0 Å². The summed E-state index contributed by atoms with van der Waals surface area (Å²) in [5.74, 6) is 2.32. The minimum absolute atomic E-state index is 0.204. The number of nitrogens with zero attached hydrogens (tertiary/aromatic N) is 4. The first-order valence-corrected chi connectivity index (χ1v) is 13.1. The van der Waals surface area contributed by atoms with Gasteiger partial charge in [-0.1, -0.05) is 59.8 Å². The van der Waals surface area contributed by atoms with Gasteiger partial charge in [0, 0.05) is 35.8 Å². The van der Waals surface area contributed by atoms with Gasteiger partial charge in [0.25, 0.3) is 11.5 Å². The van der Waals surface area contributed by atoms with Crippen LogP contribution in [-0.2, 0) is 11.3 Å².